The average molecular weight is 311 g/mol. The van der Waals surface area contributed by atoms with Crippen molar-refractivity contribution in [3.05, 3.63) is 58.7 Å². The molecule has 0 aliphatic heterocycles. The minimum absolute atomic E-state index is 0.130. The van der Waals surface area contributed by atoms with Crippen LogP contribution >= 0.6 is 0 Å². The average Bonchev–Trinajstić information content (AvgIpc) is 2.52. The van der Waals surface area contributed by atoms with E-state index in [9.17, 15) is 4.79 Å². The van der Waals surface area contributed by atoms with Gasteiger partial charge in [0.1, 0.15) is 5.75 Å². The Hall–Kier alpha value is -2.29. The molecule has 1 atom stereocenters. The van der Waals surface area contributed by atoms with E-state index in [-0.39, 0.29) is 5.91 Å². The molecule has 2 aromatic rings. The van der Waals surface area contributed by atoms with Gasteiger partial charge in [-0.05, 0) is 62.4 Å². The molecular weight excluding hydrogens is 286 g/mol. The predicted molar refractivity (Wildman–Crippen MR) is 95.2 cm³/mol. The lowest BCUT2D eigenvalue weighted by Gasteiger charge is -2.19. The second kappa shape index (κ2) is 7.32. The third kappa shape index (κ3) is 4.13. The summed E-state index contributed by atoms with van der Waals surface area (Å²) in [5, 5.41) is 3.02. The zero-order valence-electron chi connectivity index (χ0n) is 14.6. The molecule has 0 saturated carbocycles. The number of hydrogen-bond donors (Lipinski definition) is 1. The minimum Gasteiger partial charge on any atom is -0.481 e. The maximum absolute atomic E-state index is 12.5. The number of ether oxygens (including phenoxy) is 1. The highest BCUT2D eigenvalue weighted by atomic mass is 16.5. The molecular formula is C20H25NO2. The van der Waals surface area contributed by atoms with Crippen LogP contribution in [0.5, 0.6) is 5.75 Å². The predicted octanol–water partition coefficient (Wildman–Crippen LogP) is 4.58. The highest BCUT2D eigenvalue weighted by Gasteiger charge is 2.18. The summed E-state index contributed by atoms with van der Waals surface area (Å²) in [7, 11) is 0. The monoisotopic (exact) mass is 311 g/mol. The van der Waals surface area contributed by atoms with Gasteiger partial charge >= 0.3 is 0 Å². The van der Waals surface area contributed by atoms with Crippen LogP contribution in [0.15, 0.2) is 36.4 Å². The summed E-state index contributed by atoms with van der Waals surface area (Å²) in [6.45, 7) is 9.86. The third-order valence-electron chi connectivity index (χ3n) is 4.00. The lowest BCUT2D eigenvalue weighted by Crippen LogP contribution is -2.31. The number of carbonyl (C=O) groups is 1. The number of aryl methyl sites for hydroxylation is 4. The molecule has 0 heterocycles. The molecule has 0 radical (unpaired) electrons. The lowest BCUT2D eigenvalue weighted by atomic mass is 10.1. The Labute approximate surface area is 138 Å². The summed E-state index contributed by atoms with van der Waals surface area (Å²) in [6, 6.07) is 12.1. The van der Waals surface area contributed by atoms with Crippen molar-refractivity contribution < 1.29 is 9.53 Å². The van der Waals surface area contributed by atoms with Crippen LogP contribution in [0.3, 0.4) is 0 Å². The molecule has 0 spiro atoms. The van der Waals surface area contributed by atoms with Gasteiger partial charge < -0.3 is 10.1 Å². The van der Waals surface area contributed by atoms with E-state index in [2.05, 4.69) is 12.2 Å². The van der Waals surface area contributed by atoms with Gasteiger partial charge in [0.05, 0.1) is 0 Å². The van der Waals surface area contributed by atoms with Gasteiger partial charge in [-0.3, -0.25) is 4.79 Å². The van der Waals surface area contributed by atoms with Crippen LogP contribution in [0.1, 0.15) is 36.1 Å². The first-order valence-corrected chi connectivity index (χ1v) is 8.05. The fraction of sp³-hybridized carbons (Fsp3) is 0.350. The van der Waals surface area contributed by atoms with E-state index in [0.717, 1.165) is 40.1 Å². The van der Waals surface area contributed by atoms with E-state index < -0.39 is 6.10 Å². The van der Waals surface area contributed by atoms with Gasteiger partial charge in [-0.1, -0.05) is 37.3 Å². The summed E-state index contributed by atoms with van der Waals surface area (Å²) in [4.78, 5) is 12.5. The van der Waals surface area contributed by atoms with Crippen molar-refractivity contribution in [2.75, 3.05) is 5.32 Å². The van der Waals surface area contributed by atoms with E-state index >= 15 is 0 Å². The van der Waals surface area contributed by atoms with E-state index in [1.54, 1.807) is 6.92 Å². The van der Waals surface area contributed by atoms with Crippen LogP contribution < -0.4 is 10.1 Å². The molecule has 0 aromatic heterocycles. The van der Waals surface area contributed by atoms with Gasteiger partial charge in [0.15, 0.2) is 6.10 Å². The zero-order valence-corrected chi connectivity index (χ0v) is 14.6. The molecule has 1 amide bonds. The Morgan fingerprint density at radius 1 is 1.13 bits per heavy atom. The van der Waals surface area contributed by atoms with Gasteiger partial charge in [-0.25, -0.2) is 0 Å². The van der Waals surface area contributed by atoms with Gasteiger partial charge in [0.25, 0.3) is 5.91 Å². The molecule has 3 heteroatoms. The number of hydrogen-bond acceptors (Lipinski definition) is 2. The molecule has 0 aliphatic carbocycles. The van der Waals surface area contributed by atoms with Crippen LogP contribution in [-0.2, 0) is 11.2 Å². The standard InChI is InChI=1S/C20H25NO2/c1-6-17-9-7-8-15(4)19(17)21-20(22)16(5)23-18-12-13(2)10-11-14(18)3/h7-12,16H,6H2,1-5H3,(H,21,22). The summed E-state index contributed by atoms with van der Waals surface area (Å²) in [5.74, 6) is 0.628. The normalized spacial score (nSPS) is 11.9. The summed E-state index contributed by atoms with van der Waals surface area (Å²) < 4.78 is 5.86. The number of carbonyl (C=O) groups excluding carboxylic acids is 1. The van der Waals surface area contributed by atoms with Crippen LogP contribution in [0, 0.1) is 20.8 Å². The molecule has 2 aromatic carbocycles. The zero-order chi connectivity index (χ0) is 17.0. The molecule has 2 rings (SSSR count). The Bertz CT molecular complexity index is 707. The fourth-order valence-electron chi connectivity index (χ4n) is 2.51. The van der Waals surface area contributed by atoms with E-state index in [1.807, 2.05) is 57.2 Å². The molecule has 1 unspecified atom stereocenters. The number of benzene rings is 2. The molecule has 0 aliphatic rings. The Balaban J connectivity index is 2.13. The second-order valence-corrected chi connectivity index (χ2v) is 5.98. The Morgan fingerprint density at radius 3 is 2.57 bits per heavy atom. The van der Waals surface area contributed by atoms with Gasteiger partial charge in [-0.15, -0.1) is 0 Å². The summed E-state index contributed by atoms with van der Waals surface area (Å²) in [6.07, 6.45) is 0.323. The van der Waals surface area contributed by atoms with Crippen molar-refractivity contribution in [1.82, 2.24) is 0 Å². The van der Waals surface area contributed by atoms with Crippen molar-refractivity contribution in [2.24, 2.45) is 0 Å². The maximum Gasteiger partial charge on any atom is 0.265 e. The van der Waals surface area contributed by atoms with Gasteiger partial charge in [0.2, 0.25) is 0 Å². The van der Waals surface area contributed by atoms with Crippen molar-refractivity contribution >= 4 is 11.6 Å². The topological polar surface area (TPSA) is 38.3 Å². The van der Waals surface area contributed by atoms with Crippen LogP contribution in [0.4, 0.5) is 5.69 Å². The molecule has 122 valence electrons. The number of amides is 1. The fourth-order valence-corrected chi connectivity index (χ4v) is 2.51. The summed E-state index contributed by atoms with van der Waals surface area (Å²) in [5.41, 5.74) is 5.25. The molecule has 0 saturated heterocycles. The first-order valence-electron chi connectivity index (χ1n) is 8.05. The van der Waals surface area contributed by atoms with Crippen molar-refractivity contribution in [2.45, 2.75) is 47.1 Å². The largest absolute Gasteiger partial charge is 0.481 e. The highest BCUT2D eigenvalue weighted by Crippen LogP contribution is 2.23. The molecule has 0 bridgehead atoms. The van der Waals surface area contributed by atoms with Crippen molar-refractivity contribution in [3.8, 4) is 5.75 Å². The molecule has 3 nitrogen and oxygen atoms in total. The van der Waals surface area contributed by atoms with Crippen LogP contribution in [0.25, 0.3) is 0 Å². The van der Waals surface area contributed by atoms with E-state index in [0.29, 0.717) is 0 Å². The maximum atomic E-state index is 12.5. The molecule has 1 N–H and O–H groups in total. The Kier molecular flexibility index (Phi) is 5.43. The molecule has 23 heavy (non-hydrogen) atoms. The van der Waals surface area contributed by atoms with Crippen molar-refractivity contribution in [1.29, 1.82) is 0 Å². The van der Waals surface area contributed by atoms with Gasteiger partial charge in [0, 0.05) is 5.69 Å². The first kappa shape index (κ1) is 17.1. The van der Waals surface area contributed by atoms with Gasteiger partial charge in [-0.2, -0.15) is 0 Å². The van der Waals surface area contributed by atoms with E-state index in [1.165, 1.54) is 0 Å². The van der Waals surface area contributed by atoms with Crippen LogP contribution in [-0.4, -0.2) is 12.0 Å². The smallest absolute Gasteiger partial charge is 0.265 e. The number of para-hydroxylation sites is 1. The number of nitrogens with one attached hydrogen (secondary N) is 1. The second-order valence-electron chi connectivity index (χ2n) is 5.98. The SMILES string of the molecule is CCc1cccc(C)c1NC(=O)C(C)Oc1cc(C)ccc1C. The van der Waals surface area contributed by atoms with Crippen molar-refractivity contribution in [3.63, 3.8) is 0 Å². The lowest BCUT2D eigenvalue weighted by molar-refractivity contribution is -0.122. The molecule has 0 fully saturated rings. The van der Waals surface area contributed by atoms with Crippen LogP contribution in [0.2, 0.25) is 0 Å². The number of rotatable bonds is 5. The van der Waals surface area contributed by atoms with E-state index in [4.69, 9.17) is 4.74 Å². The summed E-state index contributed by atoms with van der Waals surface area (Å²) >= 11 is 0. The number of anilines is 1. The first-order chi connectivity index (χ1) is 10.9. The Morgan fingerprint density at radius 2 is 1.87 bits per heavy atom. The highest BCUT2D eigenvalue weighted by molar-refractivity contribution is 5.95. The third-order valence-corrected chi connectivity index (χ3v) is 4.00. The minimum atomic E-state index is -0.556. The quantitative estimate of drug-likeness (QED) is 0.877.